The average molecular weight is 453 g/mol. The maximum atomic E-state index is 12.1. The third-order valence-electron chi connectivity index (χ3n) is 5.74. The van der Waals surface area contributed by atoms with Gasteiger partial charge in [0.15, 0.2) is 0 Å². The predicted octanol–water partition coefficient (Wildman–Crippen LogP) is 7.58. The van der Waals surface area contributed by atoms with Gasteiger partial charge in [0.1, 0.15) is 5.76 Å². The van der Waals surface area contributed by atoms with Crippen LogP contribution in [-0.4, -0.2) is 24.8 Å². The molecule has 1 aliphatic carbocycles. The van der Waals surface area contributed by atoms with Gasteiger partial charge in [0.25, 0.3) is 0 Å². The molecule has 31 heavy (non-hydrogen) atoms. The molecule has 5 heteroatoms. The first-order valence-corrected chi connectivity index (χ1v) is 13.3. The highest BCUT2D eigenvalue weighted by atomic mass is 32.2. The minimum Gasteiger partial charge on any atom is -0.469 e. The molecule has 0 aromatic carbocycles. The van der Waals surface area contributed by atoms with Crippen molar-refractivity contribution in [2.75, 3.05) is 12.9 Å². The topological polar surface area (TPSA) is 52.6 Å². The van der Waals surface area contributed by atoms with Crippen molar-refractivity contribution >= 4 is 23.7 Å². The summed E-state index contributed by atoms with van der Waals surface area (Å²) in [5.41, 5.74) is 0. The molecular formula is C26H44O4S. The molecule has 1 aliphatic rings. The van der Waals surface area contributed by atoms with Crippen LogP contribution in [0.3, 0.4) is 0 Å². The Hall–Kier alpha value is -1.23. The lowest BCUT2D eigenvalue weighted by molar-refractivity contribution is -0.141. The van der Waals surface area contributed by atoms with Crippen molar-refractivity contribution in [3.63, 3.8) is 0 Å². The summed E-state index contributed by atoms with van der Waals surface area (Å²) in [6, 6.07) is 0. The maximum Gasteiger partial charge on any atom is 0.310 e. The molecule has 0 aliphatic heterocycles. The fourth-order valence-corrected chi connectivity index (χ4v) is 5.07. The van der Waals surface area contributed by atoms with Crippen LogP contribution in [0.4, 0.5) is 0 Å². The van der Waals surface area contributed by atoms with Crippen LogP contribution in [0, 0.1) is 11.8 Å². The summed E-state index contributed by atoms with van der Waals surface area (Å²) in [4.78, 5) is 24.5. The van der Waals surface area contributed by atoms with Crippen molar-refractivity contribution in [2.45, 2.75) is 104 Å². The fraction of sp³-hybridized carbons (Fsp3) is 0.769. The molecule has 4 nitrogen and oxygen atoms in total. The van der Waals surface area contributed by atoms with Crippen molar-refractivity contribution in [3.8, 4) is 0 Å². The van der Waals surface area contributed by atoms with Crippen molar-refractivity contribution in [1.29, 1.82) is 0 Å². The van der Waals surface area contributed by atoms with Gasteiger partial charge in [-0.1, -0.05) is 58.6 Å². The number of allylic oxidation sites excluding steroid dienone is 4. The first-order chi connectivity index (χ1) is 15.0. The molecule has 0 fully saturated rings. The van der Waals surface area contributed by atoms with Gasteiger partial charge >= 0.3 is 11.9 Å². The molecule has 0 radical (unpaired) electrons. The summed E-state index contributed by atoms with van der Waals surface area (Å²) in [6.45, 7) is 6.61. The zero-order valence-corrected chi connectivity index (χ0v) is 21.1. The van der Waals surface area contributed by atoms with E-state index in [1.165, 1.54) is 37.7 Å². The van der Waals surface area contributed by atoms with Crippen LogP contribution >= 0.6 is 11.8 Å². The molecule has 0 N–H and O–H groups in total. The van der Waals surface area contributed by atoms with Crippen LogP contribution in [0.1, 0.15) is 104 Å². The number of hydrogen-bond donors (Lipinski definition) is 0. The Balaban J connectivity index is 2.56. The number of carbonyl (C=O) groups excluding carboxylic acids is 2. The Kier molecular flexibility index (Phi) is 15.6. The minimum atomic E-state index is -0.134. The normalized spacial score (nSPS) is 17.4. The molecule has 0 saturated heterocycles. The van der Waals surface area contributed by atoms with Gasteiger partial charge in [0.2, 0.25) is 0 Å². The summed E-state index contributed by atoms with van der Waals surface area (Å²) in [6.07, 6.45) is 17.5. The van der Waals surface area contributed by atoms with E-state index in [0.29, 0.717) is 18.8 Å². The van der Waals surface area contributed by atoms with Crippen LogP contribution in [0.5, 0.6) is 0 Å². The van der Waals surface area contributed by atoms with Gasteiger partial charge in [-0.3, -0.25) is 9.59 Å². The lowest BCUT2D eigenvalue weighted by Gasteiger charge is -2.13. The minimum absolute atomic E-state index is 0.108. The number of methoxy groups -OCH3 is 1. The summed E-state index contributed by atoms with van der Waals surface area (Å²) in [5, 5.41) is 0. The summed E-state index contributed by atoms with van der Waals surface area (Å²) >= 11 is 1.84. The van der Waals surface area contributed by atoms with Crippen molar-refractivity contribution in [3.05, 3.63) is 22.8 Å². The van der Waals surface area contributed by atoms with Gasteiger partial charge in [-0.2, -0.15) is 0 Å². The number of ether oxygens (including phenoxy) is 2. The molecule has 0 saturated carbocycles. The highest BCUT2D eigenvalue weighted by Gasteiger charge is 2.26. The van der Waals surface area contributed by atoms with Crippen molar-refractivity contribution in [2.24, 2.45) is 11.8 Å². The molecule has 0 bridgehead atoms. The second-order valence-electron chi connectivity index (χ2n) is 8.64. The van der Waals surface area contributed by atoms with Gasteiger partial charge in [-0.05, 0) is 50.2 Å². The molecule has 0 spiro atoms. The van der Waals surface area contributed by atoms with E-state index >= 15 is 0 Å². The van der Waals surface area contributed by atoms with Gasteiger partial charge in [0.05, 0.1) is 7.11 Å². The molecule has 178 valence electrons. The summed E-state index contributed by atoms with van der Waals surface area (Å²) in [7, 11) is 1.44. The van der Waals surface area contributed by atoms with E-state index in [2.05, 4.69) is 26.0 Å². The quantitative estimate of drug-likeness (QED) is 0.129. The first kappa shape index (κ1) is 27.8. The van der Waals surface area contributed by atoms with Crippen LogP contribution in [0.25, 0.3) is 0 Å². The molecule has 0 amide bonds. The molecule has 0 heterocycles. The van der Waals surface area contributed by atoms with Gasteiger partial charge in [-0.15, -0.1) is 11.8 Å². The molecular weight excluding hydrogens is 408 g/mol. The zero-order valence-electron chi connectivity index (χ0n) is 20.3. The van der Waals surface area contributed by atoms with E-state index in [1.54, 1.807) is 0 Å². The SMILES string of the molecule is CCCCC(C)CC/C=C/C1CCC(OC(=O)CCC)=C1SCCCCCC(=O)OC. The third-order valence-corrected chi connectivity index (χ3v) is 7.07. The Morgan fingerprint density at radius 3 is 2.58 bits per heavy atom. The lowest BCUT2D eigenvalue weighted by atomic mass is 9.98. The summed E-state index contributed by atoms with van der Waals surface area (Å²) < 4.78 is 10.4. The maximum absolute atomic E-state index is 12.1. The highest BCUT2D eigenvalue weighted by molar-refractivity contribution is 8.03. The van der Waals surface area contributed by atoms with E-state index in [9.17, 15) is 9.59 Å². The van der Waals surface area contributed by atoms with E-state index in [0.717, 1.165) is 62.4 Å². The first-order valence-electron chi connectivity index (χ1n) is 12.3. The lowest BCUT2D eigenvalue weighted by Crippen LogP contribution is -2.04. The Labute approximate surface area is 194 Å². The Bertz CT molecular complexity index is 582. The zero-order chi connectivity index (χ0) is 22.9. The van der Waals surface area contributed by atoms with Crippen LogP contribution < -0.4 is 0 Å². The number of rotatable bonds is 17. The summed E-state index contributed by atoms with van der Waals surface area (Å²) in [5.74, 6) is 2.80. The number of carbonyl (C=O) groups is 2. The Morgan fingerprint density at radius 2 is 1.87 bits per heavy atom. The largest absolute Gasteiger partial charge is 0.469 e. The second kappa shape index (κ2) is 17.3. The second-order valence-corrected chi connectivity index (χ2v) is 9.78. The third kappa shape index (κ3) is 12.4. The number of esters is 2. The van der Waals surface area contributed by atoms with Crippen molar-refractivity contribution < 1.29 is 19.1 Å². The number of thioether (sulfide) groups is 1. The highest BCUT2D eigenvalue weighted by Crippen LogP contribution is 2.41. The fourth-order valence-electron chi connectivity index (χ4n) is 3.78. The van der Waals surface area contributed by atoms with Crippen LogP contribution in [0.15, 0.2) is 22.8 Å². The molecule has 1 rings (SSSR count). The molecule has 2 unspecified atom stereocenters. The monoisotopic (exact) mass is 452 g/mol. The average Bonchev–Trinajstić information content (AvgIpc) is 3.13. The number of unbranched alkanes of at least 4 members (excludes halogenated alkanes) is 3. The smallest absolute Gasteiger partial charge is 0.310 e. The van der Waals surface area contributed by atoms with E-state index in [4.69, 9.17) is 9.47 Å². The van der Waals surface area contributed by atoms with Gasteiger partial charge in [0, 0.05) is 30.1 Å². The standard InChI is InChI=1S/C26H44O4S/c1-5-7-14-21(3)15-10-11-16-22-18-19-23(30-25(28)13-6-2)26(22)31-20-12-8-9-17-24(27)29-4/h11,16,21-22H,5-10,12-15,17-20H2,1-4H3/b16-11+. The van der Waals surface area contributed by atoms with E-state index in [-0.39, 0.29) is 11.9 Å². The van der Waals surface area contributed by atoms with Gasteiger partial charge < -0.3 is 9.47 Å². The predicted molar refractivity (Wildman–Crippen MR) is 131 cm³/mol. The van der Waals surface area contributed by atoms with Gasteiger partial charge in [-0.25, -0.2) is 0 Å². The van der Waals surface area contributed by atoms with E-state index in [1.807, 2.05) is 18.7 Å². The van der Waals surface area contributed by atoms with Crippen molar-refractivity contribution in [1.82, 2.24) is 0 Å². The van der Waals surface area contributed by atoms with Crippen LogP contribution in [0.2, 0.25) is 0 Å². The van der Waals surface area contributed by atoms with Crippen LogP contribution in [-0.2, 0) is 19.1 Å². The Morgan fingerprint density at radius 1 is 1.06 bits per heavy atom. The molecule has 0 aromatic heterocycles. The molecule has 2 atom stereocenters. The number of hydrogen-bond acceptors (Lipinski definition) is 5. The molecule has 0 aromatic rings. The van der Waals surface area contributed by atoms with E-state index < -0.39 is 0 Å².